The molecule has 1 aromatic carbocycles. The largest absolute Gasteiger partial charge is 0.304 e. The molecule has 24 heavy (non-hydrogen) atoms. The summed E-state index contributed by atoms with van der Waals surface area (Å²) in [4.78, 5) is 4.69. The fourth-order valence-electron chi connectivity index (χ4n) is 3.09. The van der Waals surface area contributed by atoms with Crippen LogP contribution in [0.2, 0.25) is 0 Å². The first-order chi connectivity index (χ1) is 11.4. The minimum Gasteiger partial charge on any atom is -0.304 e. The van der Waals surface area contributed by atoms with Crippen molar-refractivity contribution in [2.24, 2.45) is 0 Å². The van der Waals surface area contributed by atoms with Crippen LogP contribution < -0.4 is 0 Å². The highest BCUT2D eigenvalue weighted by Gasteiger charge is 2.32. The lowest BCUT2D eigenvalue weighted by Gasteiger charge is -2.38. The Hall–Kier alpha value is -1.86. The van der Waals surface area contributed by atoms with Crippen molar-refractivity contribution >= 4 is 0 Å². The number of tetrazole rings is 1. The summed E-state index contributed by atoms with van der Waals surface area (Å²) in [5.41, 5.74) is 0.796. The first-order valence-corrected chi connectivity index (χ1v) is 8.33. The standard InChI is InChI=1S/C17H25FN6/c1-17(2,3)24-16(19-20-21-24)15(13-5-7-14(18)8-6-13)23-11-9-22(4)10-12-23/h5-8,15H,9-12H2,1-4H3/t15-/m0/s1. The molecule has 1 fully saturated rings. The van der Waals surface area contributed by atoms with Gasteiger partial charge in [0.1, 0.15) is 5.82 Å². The summed E-state index contributed by atoms with van der Waals surface area (Å²) in [7, 11) is 2.13. The third-order valence-corrected chi connectivity index (χ3v) is 4.46. The third kappa shape index (κ3) is 3.47. The lowest BCUT2D eigenvalue weighted by Crippen LogP contribution is -2.47. The van der Waals surface area contributed by atoms with Gasteiger partial charge >= 0.3 is 0 Å². The van der Waals surface area contributed by atoms with Gasteiger partial charge in [-0.25, -0.2) is 9.07 Å². The Morgan fingerprint density at radius 3 is 2.25 bits per heavy atom. The Balaban J connectivity index is 2.02. The molecule has 7 heteroatoms. The van der Waals surface area contributed by atoms with Crippen LogP contribution in [0.25, 0.3) is 0 Å². The van der Waals surface area contributed by atoms with Crippen molar-refractivity contribution in [3.05, 3.63) is 41.5 Å². The van der Waals surface area contributed by atoms with Crippen molar-refractivity contribution in [2.75, 3.05) is 33.2 Å². The van der Waals surface area contributed by atoms with E-state index in [9.17, 15) is 4.39 Å². The van der Waals surface area contributed by atoms with Crippen LogP contribution in [0.5, 0.6) is 0 Å². The Bertz CT molecular complexity index is 667. The first kappa shape index (κ1) is 17.0. The molecule has 0 bridgehead atoms. The smallest absolute Gasteiger partial charge is 0.173 e. The maximum atomic E-state index is 13.4. The molecule has 1 aliphatic rings. The number of piperazine rings is 1. The van der Waals surface area contributed by atoms with E-state index in [2.05, 4.69) is 53.1 Å². The monoisotopic (exact) mass is 332 g/mol. The summed E-state index contributed by atoms with van der Waals surface area (Å²) in [5, 5.41) is 12.4. The molecule has 1 saturated heterocycles. The molecular weight excluding hydrogens is 307 g/mol. The van der Waals surface area contributed by atoms with Gasteiger partial charge in [0.05, 0.1) is 11.6 Å². The molecule has 0 radical (unpaired) electrons. The van der Waals surface area contributed by atoms with E-state index >= 15 is 0 Å². The molecule has 130 valence electrons. The van der Waals surface area contributed by atoms with Gasteiger partial charge in [-0.3, -0.25) is 4.90 Å². The molecule has 0 spiro atoms. The maximum Gasteiger partial charge on any atom is 0.173 e. The van der Waals surface area contributed by atoms with E-state index in [-0.39, 0.29) is 17.4 Å². The van der Waals surface area contributed by atoms with E-state index in [1.165, 1.54) is 12.1 Å². The van der Waals surface area contributed by atoms with Crippen molar-refractivity contribution in [1.29, 1.82) is 0 Å². The van der Waals surface area contributed by atoms with Crippen LogP contribution in [0.3, 0.4) is 0 Å². The average molecular weight is 332 g/mol. The van der Waals surface area contributed by atoms with Crippen molar-refractivity contribution in [2.45, 2.75) is 32.4 Å². The molecule has 0 amide bonds. The molecule has 1 atom stereocenters. The maximum absolute atomic E-state index is 13.4. The molecule has 0 N–H and O–H groups in total. The van der Waals surface area contributed by atoms with Crippen molar-refractivity contribution in [3.8, 4) is 0 Å². The number of aromatic nitrogens is 4. The summed E-state index contributed by atoms with van der Waals surface area (Å²) in [6.07, 6.45) is 0. The van der Waals surface area contributed by atoms with Crippen LogP contribution in [0, 0.1) is 5.82 Å². The Kier molecular flexibility index (Phi) is 4.64. The fourth-order valence-corrected chi connectivity index (χ4v) is 3.09. The summed E-state index contributed by atoms with van der Waals surface area (Å²) in [6, 6.07) is 6.60. The van der Waals surface area contributed by atoms with Crippen LogP contribution in [0.1, 0.15) is 38.2 Å². The minimum atomic E-state index is -0.230. The number of halogens is 1. The van der Waals surface area contributed by atoms with Gasteiger partial charge in [0.2, 0.25) is 0 Å². The van der Waals surface area contributed by atoms with Gasteiger partial charge in [-0.2, -0.15) is 0 Å². The summed E-state index contributed by atoms with van der Waals surface area (Å²) < 4.78 is 15.3. The molecule has 2 heterocycles. The van der Waals surface area contributed by atoms with Crippen molar-refractivity contribution < 1.29 is 4.39 Å². The van der Waals surface area contributed by atoms with E-state index < -0.39 is 0 Å². The SMILES string of the molecule is CN1CCN([C@@H](c2ccc(F)cc2)c2nnnn2C(C)(C)C)CC1. The predicted octanol–water partition coefficient (Wildman–Crippen LogP) is 1.90. The number of nitrogens with zero attached hydrogens (tertiary/aromatic N) is 6. The van der Waals surface area contributed by atoms with Gasteiger partial charge in [-0.1, -0.05) is 12.1 Å². The summed E-state index contributed by atoms with van der Waals surface area (Å²) in [6.45, 7) is 10.1. The van der Waals surface area contributed by atoms with Crippen molar-refractivity contribution in [3.63, 3.8) is 0 Å². The zero-order chi connectivity index (χ0) is 17.3. The lowest BCUT2D eigenvalue weighted by molar-refractivity contribution is 0.118. The topological polar surface area (TPSA) is 50.1 Å². The van der Waals surface area contributed by atoms with Crippen LogP contribution in [0.4, 0.5) is 4.39 Å². The zero-order valence-corrected chi connectivity index (χ0v) is 14.8. The molecule has 1 aromatic heterocycles. The van der Waals surface area contributed by atoms with Crippen molar-refractivity contribution in [1.82, 2.24) is 30.0 Å². The normalized spacial score (nSPS) is 18.7. The Morgan fingerprint density at radius 2 is 1.67 bits per heavy atom. The van der Waals surface area contributed by atoms with E-state index in [4.69, 9.17) is 0 Å². The first-order valence-electron chi connectivity index (χ1n) is 8.33. The van der Waals surface area contributed by atoms with Crippen LogP contribution in [-0.4, -0.2) is 63.2 Å². The van der Waals surface area contributed by atoms with E-state index in [1.807, 2.05) is 16.8 Å². The number of benzene rings is 1. The highest BCUT2D eigenvalue weighted by molar-refractivity contribution is 5.26. The quantitative estimate of drug-likeness (QED) is 0.859. The molecule has 2 aromatic rings. The van der Waals surface area contributed by atoms with Gasteiger partial charge in [0.25, 0.3) is 0 Å². The number of likely N-dealkylation sites (N-methyl/N-ethyl adjacent to an activating group) is 1. The molecule has 3 rings (SSSR count). The van der Waals surface area contributed by atoms with Gasteiger partial charge in [-0.15, -0.1) is 5.10 Å². The molecule has 0 aliphatic carbocycles. The van der Waals surface area contributed by atoms with Gasteiger partial charge in [0.15, 0.2) is 5.82 Å². The highest BCUT2D eigenvalue weighted by Crippen LogP contribution is 2.30. The molecular formula is C17H25FN6. The molecule has 0 unspecified atom stereocenters. The molecule has 0 saturated carbocycles. The third-order valence-electron chi connectivity index (χ3n) is 4.46. The summed E-state index contributed by atoms with van der Waals surface area (Å²) >= 11 is 0. The highest BCUT2D eigenvalue weighted by atomic mass is 19.1. The van der Waals surface area contributed by atoms with Gasteiger partial charge < -0.3 is 4.90 Å². The van der Waals surface area contributed by atoms with Crippen LogP contribution in [-0.2, 0) is 5.54 Å². The zero-order valence-electron chi connectivity index (χ0n) is 14.8. The molecule has 1 aliphatic heterocycles. The fraction of sp³-hybridized carbons (Fsp3) is 0.588. The van der Waals surface area contributed by atoms with Crippen LogP contribution in [0.15, 0.2) is 24.3 Å². The second kappa shape index (κ2) is 6.57. The lowest BCUT2D eigenvalue weighted by atomic mass is 10.0. The second-order valence-electron chi connectivity index (χ2n) is 7.41. The van der Waals surface area contributed by atoms with E-state index in [0.29, 0.717) is 0 Å². The van der Waals surface area contributed by atoms with E-state index in [1.54, 1.807) is 0 Å². The number of hydrogen-bond donors (Lipinski definition) is 0. The Morgan fingerprint density at radius 1 is 1.04 bits per heavy atom. The predicted molar refractivity (Wildman–Crippen MR) is 90.1 cm³/mol. The summed E-state index contributed by atoms with van der Waals surface area (Å²) in [5.74, 6) is 0.574. The van der Waals surface area contributed by atoms with Crippen LogP contribution >= 0.6 is 0 Å². The average Bonchev–Trinajstić information content (AvgIpc) is 3.01. The van der Waals surface area contributed by atoms with Gasteiger partial charge in [0, 0.05) is 26.2 Å². The number of hydrogen-bond acceptors (Lipinski definition) is 5. The minimum absolute atomic E-state index is 0.0754. The molecule has 6 nitrogen and oxygen atoms in total. The van der Waals surface area contributed by atoms with Gasteiger partial charge in [-0.05, 0) is 55.9 Å². The Labute approximate surface area is 142 Å². The number of rotatable bonds is 3. The van der Waals surface area contributed by atoms with E-state index in [0.717, 1.165) is 37.6 Å². The second-order valence-corrected chi connectivity index (χ2v) is 7.41.